The lowest BCUT2D eigenvalue weighted by atomic mass is 9.92. The highest BCUT2D eigenvalue weighted by Crippen LogP contribution is 2.23. The van der Waals surface area contributed by atoms with Crippen LogP contribution in [0.1, 0.15) is 44.6 Å². The fraction of sp³-hybridized carbons (Fsp3) is 0.571. The van der Waals surface area contributed by atoms with Gasteiger partial charge in [-0.05, 0) is 42.5 Å². The molecule has 2 N–H and O–H groups in total. The summed E-state index contributed by atoms with van der Waals surface area (Å²) in [6.45, 7) is 5.30. The van der Waals surface area contributed by atoms with Gasteiger partial charge in [-0.3, -0.25) is 0 Å². The van der Waals surface area contributed by atoms with Crippen molar-refractivity contribution in [3.8, 4) is 0 Å². The first-order valence-electron chi connectivity index (χ1n) is 6.09. The summed E-state index contributed by atoms with van der Waals surface area (Å²) in [5.41, 5.74) is 7.22. The van der Waals surface area contributed by atoms with Gasteiger partial charge in [-0.15, -0.1) is 0 Å². The van der Waals surface area contributed by atoms with Crippen LogP contribution in [0.25, 0.3) is 0 Å². The molecule has 1 nitrogen and oxygen atoms in total. The Morgan fingerprint density at radius 1 is 1.12 bits per heavy atom. The normalized spacial score (nSPS) is 13.1. The average Bonchev–Trinajstić information content (AvgIpc) is 2.26. The van der Waals surface area contributed by atoms with Gasteiger partial charge in [0.2, 0.25) is 0 Å². The molecule has 0 saturated carbocycles. The summed E-state index contributed by atoms with van der Waals surface area (Å²) < 4.78 is 1.13. The summed E-state index contributed by atoms with van der Waals surface area (Å²) in [6, 6.07) is 8.55. The zero-order valence-electron chi connectivity index (χ0n) is 10.2. The monoisotopic (exact) mass is 283 g/mol. The third kappa shape index (κ3) is 4.67. The fourth-order valence-electron chi connectivity index (χ4n) is 1.93. The molecule has 0 aliphatic rings. The number of rotatable bonds is 6. The summed E-state index contributed by atoms with van der Waals surface area (Å²) in [4.78, 5) is 0. The zero-order valence-corrected chi connectivity index (χ0v) is 11.8. The largest absolute Gasteiger partial charge is 0.330 e. The molecule has 0 spiro atoms. The van der Waals surface area contributed by atoms with Crippen LogP contribution in [0, 0.1) is 5.92 Å². The van der Waals surface area contributed by atoms with Gasteiger partial charge in [-0.2, -0.15) is 0 Å². The Bertz CT molecular complexity index is 292. The van der Waals surface area contributed by atoms with Gasteiger partial charge in [0.25, 0.3) is 0 Å². The standard InChI is InChI=1S/C14H22BrN/c1-11(2)4-3-5-13(10-16)12-6-8-14(15)9-7-12/h6-9,11,13H,3-5,10,16H2,1-2H3. The minimum absolute atomic E-state index is 0.520. The Morgan fingerprint density at radius 2 is 1.75 bits per heavy atom. The fourth-order valence-corrected chi connectivity index (χ4v) is 2.19. The molecule has 0 aromatic heterocycles. The van der Waals surface area contributed by atoms with E-state index in [1.165, 1.54) is 24.8 Å². The van der Waals surface area contributed by atoms with E-state index in [1.54, 1.807) is 0 Å². The molecule has 90 valence electrons. The molecule has 2 heteroatoms. The van der Waals surface area contributed by atoms with E-state index < -0.39 is 0 Å². The van der Waals surface area contributed by atoms with Crippen molar-refractivity contribution >= 4 is 15.9 Å². The van der Waals surface area contributed by atoms with Gasteiger partial charge >= 0.3 is 0 Å². The van der Waals surface area contributed by atoms with Crippen LogP contribution in [-0.4, -0.2) is 6.54 Å². The number of nitrogens with two attached hydrogens (primary N) is 1. The number of hydrogen-bond donors (Lipinski definition) is 1. The van der Waals surface area contributed by atoms with Crippen molar-refractivity contribution < 1.29 is 0 Å². The molecule has 0 saturated heterocycles. The van der Waals surface area contributed by atoms with Crippen LogP contribution in [0.15, 0.2) is 28.7 Å². The van der Waals surface area contributed by atoms with Gasteiger partial charge < -0.3 is 5.73 Å². The smallest absolute Gasteiger partial charge is 0.0175 e. The van der Waals surface area contributed by atoms with Crippen LogP contribution in [0.3, 0.4) is 0 Å². The molecular formula is C14H22BrN. The van der Waals surface area contributed by atoms with E-state index in [0.717, 1.165) is 16.9 Å². The van der Waals surface area contributed by atoms with Gasteiger partial charge in [-0.25, -0.2) is 0 Å². The van der Waals surface area contributed by atoms with Gasteiger partial charge in [0, 0.05) is 4.47 Å². The lowest BCUT2D eigenvalue weighted by Crippen LogP contribution is -2.12. The third-order valence-corrected chi connectivity index (χ3v) is 3.49. The third-order valence-electron chi connectivity index (χ3n) is 2.96. The van der Waals surface area contributed by atoms with Gasteiger partial charge in [0.05, 0.1) is 0 Å². The second kappa shape index (κ2) is 7.08. The van der Waals surface area contributed by atoms with Crippen molar-refractivity contribution in [2.75, 3.05) is 6.54 Å². The second-order valence-corrected chi connectivity index (χ2v) is 5.72. The topological polar surface area (TPSA) is 26.0 Å². The molecule has 0 bridgehead atoms. The Hall–Kier alpha value is -0.340. The Balaban J connectivity index is 2.50. The van der Waals surface area contributed by atoms with Gasteiger partial charge in [0.15, 0.2) is 0 Å². The molecule has 16 heavy (non-hydrogen) atoms. The molecule has 0 aliphatic heterocycles. The van der Waals surface area contributed by atoms with Crippen LogP contribution in [0.2, 0.25) is 0 Å². The van der Waals surface area contributed by atoms with Crippen molar-refractivity contribution in [1.29, 1.82) is 0 Å². The van der Waals surface area contributed by atoms with E-state index in [4.69, 9.17) is 5.73 Å². The first-order valence-corrected chi connectivity index (χ1v) is 6.88. The molecule has 1 aromatic carbocycles. The van der Waals surface area contributed by atoms with Crippen LogP contribution >= 0.6 is 15.9 Å². The van der Waals surface area contributed by atoms with Gasteiger partial charge in [-0.1, -0.05) is 54.8 Å². The Kier molecular flexibility index (Phi) is 6.07. The summed E-state index contributed by atoms with van der Waals surface area (Å²) >= 11 is 3.46. The first kappa shape index (κ1) is 13.7. The minimum Gasteiger partial charge on any atom is -0.330 e. The van der Waals surface area contributed by atoms with E-state index in [9.17, 15) is 0 Å². The van der Waals surface area contributed by atoms with E-state index in [-0.39, 0.29) is 0 Å². The number of hydrogen-bond acceptors (Lipinski definition) is 1. The highest BCUT2D eigenvalue weighted by atomic mass is 79.9. The average molecular weight is 284 g/mol. The molecule has 0 radical (unpaired) electrons. The molecular weight excluding hydrogens is 262 g/mol. The number of benzene rings is 1. The maximum absolute atomic E-state index is 5.85. The molecule has 0 aliphatic carbocycles. The van der Waals surface area contributed by atoms with Crippen molar-refractivity contribution in [3.63, 3.8) is 0 Å². The van der Waals surface area contributed by atoms with Crippen molar-refractivity contribution in [2.24, 2.45) is 11.7 Å². The summed E-state index contributed by atoms with van der Waals surface area (Å²) in [6.07, 6.45) is 3.78. The van der Waals surface area contributed by atoms with E-state index in [0.29, 0.717) is 5.92 Å². The lowest BCUT2D eigenvalue weighted by molar-refractivity contribution is 0.502. The van der Waals surface area contributed by atoms with Crippen molar-refractivity contribution in [2.45, 2.75) is 39.0 Å². The minimum atomic E-state index is 0.520. The van der Waals surface area contributed by atoms with Crippen LogP contribution in [-0.2, 0) is 0 Å². The van der Waals surface area contributed by atoms with Crippen LogP contribution in [0.4, 0.5) is 0 Å². The van der Waals surface area contributed by atoms with E-state index in [2.05, 4.69) is 54.0 Å². The molecule has 1 aromatic rings. The predicted octanol–water partition coefficient (Wildman–Crippen LogP) is 4.32. The Morgan fingerprint density at radius 3 is 2.25 bits per heavy atom. The van der Waals surface area contributed by atoms with Gasteiger partial charge in [0.1, 0.15) is 0 Å². The highest BCUT2D eigenvalue weighted by Gasteiger charge is 2.09. The second-order valence-electron chi connectivity index (χ2n) is 4.81. The maximum atomic E-state index is 5.85. The summed E-state index contributed by atoms with van der Waals surface area (Å²) in [5, 5.41) is 0. The van der Waals surface area contributed by atoms with Crippen LogP contribution < -0.4 is 5.73 Å². The molecule has 0 heterocycles. The summed E-state index contributed by atoms with van der Waals surface area (Å²) in [5.74, 6) is 1.31. The van der Waals surface area contributed by atoms with Crippen LogP contribution in [0.5, 0.6) is 0 Å². The first-order chi connectivity index (χ1) is 7.63. The number of halogens is 1. The molecule has 0 amide bonds. The Labute approximate surface area is 108 Å². The van der Waals surface area contributed by atoms with E-state index in [1.807, 2.05) is 0 Å². The maximum Gasteiger partial charge on any atom is 0.0175 e. The molecule has 1 rings (SSSR count). The van der Waals surface area contributed by atoms with Crippen molar-refractivity contribution in [3.05, 3.63) is 34.3 Å². The molecule has 1 atom stereocenters. The predicted molar refractivity (Wildman–Crippen MR) is 74.6 cm³/mol. The molecule has 1 unspecified atom stereocenters. The summed E-state index contributed by atoms with van der Waals surface area (Å²) in [7, 11) is 0. The molecule has 0 fully saturated rings. The van der Waals surface area contributed by atoms with Crippen molar-refractivity contribution in [1.82, 2.24) is 0 Å². The lowest BCUT2D eigenvalue weighted by Gasteiger charge is -2.15. The van der Waals surface area contributed by atoms with E-state index >= 15 is 0 Å². The SMILES string of the molecule is CC(C)CCCC(CN)c1ccc(Br)cc1. The zero-order chi connectivity index (χ0) is 12.0. The quantitative estimate of drug-likeness (QED) is 0.827. The highest BCUT2D eigenvalue weighted by molar-refractivity contribution is 9.10.